The molecule has 2 aromatic rings. The summed E-state index contributed by atoms with van der Waals surface area (Å²) in [5.41, 5.74) is 1.30. The maximum atomic E-state index is 12.3. The highest BCUT2D eigenvalue weighted by molar-refractivity contribution is 7.89. The summed E-state index contributed by atoms with van der Waals surface area (Å²) in [5.74, 6) is -0.148. The number of aliphatic hydroxyl groups is 1. The van der Waals surface area contributed by atoms with E-state index in [9.17, 15) is 18.3 Å². The van der Waals surface area contributed by atoms with Crippen LogP contribution in [0, 0.1) is 0 Å². The van der Waals surface area contributed by atoms with E-state index in [0.29, 0.717) is 16.1 Å². The van der Waals surface area contributed by atoms with Crippen molar-refractivity contribution in [2.75, 3.05) is 11.9 Å². The third kappa shape index (κ3) is 3.05. The lowest BCUT2D eigenvalue weighted by atomic mass is 10.2. The first-order valence-corrected chi connectivity index (χ1v) is 8.96. The summed E-state index contributed by atoms with van der Waals surface area (Å²) in [6.45, 7) is -0.100. The van der Waals surface area contributed by atoms with E-state index >= 15 is 0 Å². The van der Waals surface area contributed by atoms with E-state index in [-0.39, 0.29) is 23.8 Å². The highest BCUT2D eigenvalue weighted by Gasteiger charge is 2.22. The van der Waals surface area contributed by atoms with Crippen LogP contribution in [-0.2, 0) is 21.2 Å². The number of sulfonamides is 1. The molecule has 0 bridgehead atoms. The minimum Gasteiger partial charge on any atom is -0.386 e. The largest absolute Gasteiger partial charge is 0.386 e. The summed E-state index contributed by atoms with van der Waals surface area (Å²) in [5, 5.41) is 14.4. The number of carbonyl (C=O) groups is 1. The molecule has 6 nitrogen and oxygen atoms in total. The lowest BCUT2D eigenvalue weighted by Gasteiger charge is -2.11. The second kappa shape index (κ2) is 5.81. The first-order valence-electron chi connectivity index (χ1n) is 6.59. The number of hydrogen-bond acceptors (Lipinski definition) is 5. The van der Waals surface area contributed by atoms with Crippen LogP contribution in [-0.4, -0.2) is 26.0 Å². The Bertz CT molecular complexity index is 800. The fourth-order valence-corrected chi connectivity index (χ4v) is 4.03. The van der Waals surface area contributed by atoms with Crippen molar-refractivity contribution in [1.29, 1.82) is 0 Å². The average molecular weight is 338 g/mol. The van der Waals surface area contributed by atoms with E-state index in [1.807, 2.05) is 5.38 Å². The predicted octanol–water partition coefficient (Wildman–Crippen LogP) is 1.25. The van der Waals surface area contributed by atoms with Gasteiger partial charge in [0.2, 0.25) is 15.9 Å². The molecule has 3 rings (SSSR count). The van der Waals surface area contributed by atoms with Crippen molar-refractivity contribution >= 4 is 33.0 Å². The molecule has 1 aliphatic rings. The van der Waals surface area contributed by atoms with Crippen LogP contribution in [0.15, 0.2) is 40.6 Å². The van der Waals surface area contributed by atoms with E-state index in [1.54, 1.807) is 18.2 Å². The molecule has 0 aliphatic carbocycles. The Morgan fingerprint density at radius 2 is 2.18 bits per heavy atom. The highest BCUT2D eigenvalue weighted by Crippen LogP contribution is 2.26. The van der Waals surface area contributed by atoms with E-state index in [1.165, 1.54) is 23.5 Å². The number of nitrogens with one attached hydrogen (secondary N) is 2. The van der Waals surface area contributed by atoms with Gasteiger partial charge in [0.15, 0.2) is 0 Å². The molecule has 1 amide bonds. The molecule has 0 radical (unpaired) electrons. The molecule has 0 saturated carbocycles. The molecule has 1 aliphatic heterocycles. The van der Waals surface area contributed by atoms with Crippen molar-refractivity contribution in [1.82, 2.24) is 4.72 Å². The van der Waals surface area contributed by atoms with Gasteiger partial charge in [-0.3, -0.25) is 4.79 Å². The summed E-state index contributed by atoms with van der Waals surface area (Å²) >= 11 is 1.36. The summed E-state index contributed by atoms with van der Waals surface area (Å²) in [6, 6.07) is 8.03. The maximum absolute atomic E-state index is 12.3. The molecule has 2 heterocycles. The lowest BCUT2D eigenvalue weighted by Crippen LogP contribution is -2.28. The molecule has 0 saturated heterocycles. The molecule has 1 unspecified atom stereocenters. The zero-order valence-electron chi connectivity index (χ0n) is 11.4. The monoisotopic (exact) mass is 338 g/mol. The average Bonchev–Trinajstić information content (AvgIpc) is 3.12. The van der Waals surface area contributed by atoms with Crippen LogP contribution in [0.25, 0.3) is 0 Å². The summed E-state index contributed by atoms with van der Waals surface area (Å²) < 4.78 is 26.9. The first kappa shape index (κ1) is 15.2. The number of hydrogen-bond donors (Lipinski definition) is 3. The molecule has 8 heteroatoms. The Morgan fingerprint density at radius 3 is 2.91 bits per heavy atom. The third-order valence-corrected chi connectivity index (χ3v) is 5.75. The first-order chi connectivity index (χ1) is 10.5. The standard InChI is InChI=1S/C14H14N2O4S2/c17-12(13-2-1-5-21-13)8-15-22(19,20)10-3-4-11-9(6-10)7-14(18)16-11/h1-6,12,15,17H,7-8H2,(H,16,18). The van der Waals surface area contributed by atoms with Crippen LogP contribution in [0.2, 0.25) is 0 Å². The fraction of sp³-hybridized carbons (Fsp3) is 0.214. The number of benzene rings is 1. The summed E-state index contributed by atoms with van der Waals surface area (Å²) in [4.78, 5) is 12.1. The van der Waals surface area contributed by atoms with Gasteiger partial charge in [-0.25, -0.2) is 13.1 Å². The number of carbonyl (C=O) groups excluding carboxylic acids is 1. The number of fused-ring (bicyclic) bond motifs is 1. The van der Waals surface area contributed by atoms with Gasteiger partial charge >= 0.3 is 0 Å². The van der Waals surface area contributed by atoms with Gasteiger partial charge in [0.1, 0.15) is 6.10 Å². The fourth-order valence-electron chi connectivity index (χ4n) is 2.23. The Balaban J connectivity index is 1.73. The van der Waals surface area contributed by atoms with Crippen molar-refractivity contribution in [2.24, 2.45) is 0 Å². The number of amides is 1. The van der Waals surface area contributed by atoms with Gasteiger partial charge < -0.3 is 10.4 Å². The smallest absolute Gasteiger partial charge is 0.240 e. The van der Waals surface area contributed by atoms with Crippen LogP contribution in [0.1, 0.15) is 16.5 Å². The Kier molecular flexibility index (Phi) is 4.00. The van der Waals surface area contributed by atoms with E-state index in [0.717, 1.165) is 0 Å². The molecule has 0 fully saturated rings. The van der Waals surface area contributed by atoms with Crippen molar-refractivity contribution in [3.63, 3.8) is 0 Å². The van der Waals surface area contributed by atoms with E-state index < -0.39 is 16.1 Å². The molecular formula is C14H14N2O4S2. The topological polar surface area (TPSA) is 95.5 Å². The van der Waals surface area contributed by atoms with Gasteiger partial charge in [-0.1, -0.05) is 6.07 Å². The molecular weight excluding hydrogens is 324 g/mol. The molecule has 116 valence electrons. The summed E-state index contributed by atoms with van der Waals surface area (Å²) in [7, 11) is -3.73. The number of rotatable bonds is 5. The van der Waals surface area contributed by atoms with E-state index in [2.05, 4.69) is 10.0 Å². The zero-order chi connectivity index (χ0) is 15.7. The van der Waals surface area contributed by atoms with Crippen LogP contribution >= 0.6 is 11.3 Å². The zero-order valence-corrected chi connectivity index (χ0v) is 13.1. The van der Waals surface area contributed by atoms with Crippen molar-refractivity contribution < 1.29 is 18.3 Å². The maximum Gasteiger partial charge on any atom is 0.240 e. The van der Waals surface area contributed by atoms with Gasteiger partial charge in [-0.05, 0) is 35.2 Å². The van der Waals surface area contributed by atoms with Gasteiger partial charge in [0, 0.05) is 17.1 Å². The molecule has 1 atom stereocenters. The summed E-state index contributed by atoms with van der Waals surface area (Å²) in [6.07, 6.45) is -0.705. The van der Waals surface area contributed by atoms with Crippen molar-refractivity contribution in [2.45, 2.75) is 17.4 Å². The van der Waals surface area contributed by atoms with E-state index in [4.69, 9.17) is 0 Å². The van der Waals surface area contributed by atoms with Crippen LogP contribution in [0.4, 0.5) is 5.69 Å². The van der Waals surface area contributed by atoms with Gasteiger partial charge in [0.25, 0.3) is 0 Å². The molecule has 0 spiro atoms. The van der Waals surface area contributed by atoms with Crippen molar-refractivity contribution in [3.05, 3.63) is 46.2 Å². The minimum atomic E-state index is -3.73. The van der Waals surface area contributed by atoms with Crippen LogP contribution in [0.3, 0.4) is 0 Å². The Morgan fingerprint density at radius 1 is 1.36 bits per heavy atom. The normalized spacial score (nSPS) is 15.4. The molecule has 22 heavy (non-hydrogen) atoms. The second-order valence-electron chi connectivity index (χ2n) is 4.93. The van der Waals surface area contributed by atoms with Crippen LogP contribution < -0.4 is 10.0 Å². The Labute approximate surface area is 131 Å². The number of thiophene rings is 1. The Hall–Kier alpha value is -1.74. The quantitative estimate of drug-likeness (QED) is 0.765. The lowest BCUT2D eigenvalue weighted by molar-refractivity contribution is -0.115. The molecule has 1 aromatic heterocycles. The predicted molar refractivity (Wildman–Crippen MR) is 83.2 cm³/mol. The van der Waals surface area contributed by atoms with Crippen LogP contribution in [0.5, 0.6) is 0 Å². The second-order valence-corrected chi connectivity index (χ2v) is 7.67. The SMILES string of the molecule is O=C1Cc2cc(S(=O)(=O)NCC(O)c3cccs3)ccc2N1. The number of anilines is 1. The van der Waals surface area contributed by atoms with Gasteiger partial charge in [-0.2, -0.15) is 0 Å². The van der Waals surface area contributed by atoms with Crippen molar-refractivity contribution in [3.8, 4) is 0 Å². The minimum absolute atomic E-state index is 0.0844. The third-order valence-electron chi connectivity index (χ3n) is 3.35. The highest BCUT2D eigenvalue weighted by atomic mass is 32.2. The van der Waals surface area contributed by atoms with Gasteiger partial charge in [0.05, 0.1) is 11.3 Å². The number of aliphatic hydroxyl groups excluding tert-OH is 1. The van der Waals surface area contributed by atoms with Gasteiger partial charge in [-0.15, -0.1) is 11.3 Å². The molecule has 1 aromatic carbocycles. The molecule has 3 N–H and O–H groups in total.